The summed E-state index contributed by atoms with van der Waals surface area (Å²) in [4.78, 5) is 25.1. The molecule has 2 aromatic rings. The molecule has 8 heteroatoms. The van der Waals surface area contributed by atoms with Gasteiger partial charge in [-0.05, 0) is 55.5 Å². The average Bonchev–Trinajstić information content (AvgIpc) is 3.08. The van der Waals surface area contributed by atoms with E-state index in [0.717, 1.165) is 36.9 Å². The number of rotatable bonds is 6. The van der Waals surface area contributed by atoms with Crippen LogP contribution in [0.3, 0.4) is 0 Å². The van der Waals surface area contributed by atoms with Crippen LogP contribution in [-0.2, 0) is 26.0 Å². The third-order valence-corrected chi connectivity index (χ3v) is 8.05. The average molecular weight is 456 g/mol. The van der Waals surface area contributed by atoms with Gasteiger partial charge in [-0.2, -0.15) is 4.31 Å². The third-order valence-electron chi connectivity index (χ3n) is 6.15. The molecule has 0 saturated carbocycles. The highest BCUT2D eigenvalue weighted by Gasteiger charge is 2.27. The Morgan fingerprint density at radius 1 is 1.03 bits per heavy atom. The summed E-state index contributed by atoms with van der Waals surface area (Å²) in [6, 6.07) is 14.1. The Morgan fingerprint density at radius 2 is 1.78 bits per heavy atom. The number of anilines is 2. The lowest BCUT2D eigenvalue weighted by atomic mass is 9.89. The minimum Gasteiger partial charge on any atom is -0.326 e. The maximum atomic E-state index is 13.0. The molecule has 0 aromatic heterocycles. The summed E-state index contributed by atoms with van der Waals surface area (Å²) in [5, 5.41) is 5.69. The zero-order valence-electron chi connectivity index (χ0n) is 18.0. The van der Waals surface area contributed by atoms with Gasteiger partial charge in [0, 0.05) is 36.8 Å². The second-order valence-corrected chi connectivity index (χ2v) is 10.4. The number of sulfonamides is 1. The van der Waals surface area contributed by atoms with Crippen LogP contribution < -0.4 is 10.6 Å². The van der Waals surface area contributed by atoms with Crippen LogP contribution in [0.15, 0.2) is 53.4 Å². The monoisotopic (exact) mass is 455 g/mol. The number of benzene rings is 2. The second-order valence-electron chi connectivity index (χ2n) is 8.48. The van der Waals surface area contributed by atoms with Crippen LogP contribution in [0.1, 0.15) is 44.1 Å². The Balaban J connectivity index is 1.36. The molecule has 0 aliphatic carbocycles. The van der Waals surface area contributed by atoms with Crippen molar-refractivity contribution in [1.29, 1.82) is 0 Å². The highest BCUT2D eigenvalue weighted by atomic mass is 32.2. The molecule has 32 heavy (non-hydrogen) atoms. The minimum atomic E-state index is -3.58. The number of hydrogen-bond acceptors (Lipinski definition) is 4. The van der Waals surface area contributed by atoms with E-state index in [2.05, 4.69) is 10.6 Å². The standard InChI is InChI=1S/C24H29N3O4S/c28-23(13-12-19-16-18-8-3-4-11-22(18)26-24(19)29)25-20-9-7-10-21(17-20)32(30,31)27-14-5-1-2-6-15-27/h3-4,7-11,17,19H,1-2,5-6,12-16H2,(H,25,28)(H,26,29). The summed E-state index contributed by atoms with van der Waals surface area (Å²) in [6.45, 7) is 1.07. The molecule has 2 heterocycles. The van der Waals surface area contributed by atoms with Crippen LogP contribution in [0.5, 0.6) is 0 Å². The smallest absolute Gasteiger partial charge is 0.243 e. The molecule has 0 radical (unpaired) electrons. The first-order valence-electron chi connectivity index (χ1n) is 11.2. The number of fused-ring (bicyclic) bond motifs is 1. The minimum absolute atomic E-state index is 0.0676. The number of nitrogens with zero attached hydrogens (tertiary/aromatic N) is 1. The van der Waals surface area contributed by atoms with Gasteiger partial charge in [-0.1, -0.05) is 37.1 Å². The molecule has 0 spiro atoms. The first kappa shape index (κ1) is 22.5. The van der Waals surface area contributed by atoms with Crippen molar-refractivity contribution in [3.05, 3.63) is 54.1 Å². The number of para-hydroxylation sites is 1. The first-order valence-corrected chi connectivity index (χ1v) is 12.7. The van der Waals surface area contributed by atoms with E-state index in [9.17, 15) is 18.0 Å². The maximum Gasteiger partial charge on any atom is 0.243 e. The lowest BCUT2D eigenvalue weighted by Gasteiger charge is -2.24. The Bertz CT molecular complexity index is 1090. The largest absolute Gasteiger partial charge is 0.326 e. The highest BCUT2D eigenvalue weighted by Crippen LogP contribution is 2.28. The summed E-state index contributed by atoms with van der Waals surface area (Å²) < 4.78 is 27.6. The maximum absolute atomic E-state index is 13.0. The van der Waals surface area contributed by atoms with E-state index in [1.54, 1.807) is 22.5 Å². The van der Waals surface area contributed by atoms with E-state index in [4.69, 9.17) is 0 Å². The summed E-state index contributed by atoms with van der Waals surface area (Å²) >= 11 is 0. The molecular formula is C24H29N3O4S. The van der Waals surface area contributed by atoms with Crippen LogP contribution in [0.25, 0.3) is 0 Å². The lowest BCUT2D eigenvalue weighted by molar-refractivity contribution is -0.121. The van der Waals surface area contributed by atoms with Gasteiger partial charge in [-0.3, -0.25) is 9.59 Å². The van der Waals surface area contributed by atoms with E-state index in [1.165, 1.54) is 6.07 Å². The number of carbonyl (C=O) groups excluding carboxylic acids is 2. The van der Waals surface area contributed by atoms with Gasteiger partial charge in [0.1, 0.15) is 0 Å². The quantitative estimate of drug-likeness (QED) is 0.693. The van der Waals surface area contributed by atoms with E-state index in [-0.39, 0.29) is 29.0 Å². The first-order chi connectivity index (χ1) is 15.4. The molecule has 1 saturated heterocycles. The molecule has 2 aliphatic rings. The molecule has 2 aliphatic heterocycles. The number of nitrogens with one attached hydrogen (secondary N) is 2. The fraction of sp³-hybridized carbons (Fsp3) is 0.417. The molecule has 2 aromatic carbocycles. The van der Waals surface area contributed by atoms with Gasteiger partial charge in [-0.25, -0.2) is 8.42 Å². The van der Waals surface area contributed by atoms with Crippen molar-refractivity contribution >= 4 is 33.2 Å². The van der Waals surface area contributed by atoms with Crippen molar-refractivity contribution in [2.45, 2.75) is 49.8 Å². The summed E-state index contributed by atoms with van der Waals surface area (Å²) in [5.74, 6) is -0.562. The van der Waals surface area contributed by atoms with Gasteiger partial charge in [0.15, 0.2) is 0 Å². The molecule has 2 amide bonds. The molecule has 2 N–H and O–H groups in total. The van der Waals surface area contributed by atoms with E-state index in [1.807, 2.05) is 24.3 Å². The van der Waals surface area contributed by atoms with E-state index < -0.39 is 10.0 Å². The highest BCUT2D eigenvalue weighted by molar-refractivity contribution is 7.89. The molecule has 1 fully saturated rings. The molecule has 170 valence electrons. The Hall–Kier alpha value is -2.71. The van der Waals surface area contributed by atoms with Crippen LogP contribution in [-0.4, -0.2) is 37.6 Å². The number of hydrogen-bond donors (Lipinski definition) is 2. The van der Waals surface area contributed by atoms with E-state index >= 15 is 0 Å². The van der Waals surface area contributed by atoms with Gasteiger partial charge < -0.3 is 10.6 Å². The molecule has 7 nitrogen and oxygen atoms in total. The van der Waals surface area contributed by atoms with Crippen LogP contribution in [0.4, 0.5) is 11.4 Å². The summed E-state index contributed by atoms with van der Waals surface area (Å²) in [5.41, 5.74) is 2.36. The van der Waals surface area contributed by atoms with Gasteiger partial charge in [-0.15, -0.1) is 0 Å². The van der Waals surface area contributed by atoms with Crippen LogP contribution in [0, 0.1) is 5.92 Å². The Morgan fingerprint density at radius 3 is 2.56 bits per heavy atom. The summed E-state index contributed by atoms with van der Waals surface area (Å²) in [7, 11) is -3.58. The van der Waals surface area contributed by atoms with E-state index in [0.29, 0.717) is 31.6 Å². The van der Waals surface area contributed by atoms with Gasteiger partial charge in [0.2, 0.25) is 21.8 Å². The van der Waals surface area contributed by atoms with Gasteiger partial charge >= 0.3 is 0 Å². The second kappa shape index (κ2) is 9.83. The van der Waals surface area contributed by atoms with Gasteiger partial charge in [0.25, 0.3) is 0 Å². The number of carbonyl (C=O) groups is 2. The van der Waals surface area contributed by atoms with Crippen molar-refractivity contribution in [3.8, 4) is 0 Å². The SMILES string of the molecule is O=C(CCC1Cc2ccccc2NC1=O)Nc1cccc(S(=O)(=O)N2CCCCCC2)c1. The molecule has 1 atom stereocenters. The zero-order valence-corrected chi connectivity index (χ0v) is 18.9. The fourth-order valence-electron chi connectivity index (χ4n) is 4.34. The van der Waals surface area contributed by atoms with Crippen LogP contribution in [0.2, 0.25) is 0 Å². The van der Waals surface area contributed by atoms with Crippen molar-refractivity contribution in [2.75, 3.05) is 23.7 Å². The topological polar surface area (TPSA) is 95.6 Å². The normalized spacial score (nSPS) is 19.5. The summed E-state index contributed by atoms with van der Waals surface area (Å²) in [6.07, 6.45) is 5.06. The Kier molecular flexibility index (Phi) is 6.91. The van der Waals surface area contributed by atoms with Gasteiger partial charge in [0.05, 0.1) is 4.90 Å². The molecule has 1 unspecified atom stereocenters. The fourth-order valence-corrected chi connectivity index (χ4v) is 5.90. The van der Waals surface area contributed by atoms with Crippen molar-refractivity contribution in [1.82, 2.24) is 4.31 Å². The Labute approximate surface area is 189 Å². The van der Waals surface area contributed by atoms with Crippen molar-refractivity contribution < 1.29 is 18.0 Å². The predicted octanol–water partition coefficient (Wildman–Crippen LogP) is 3.78. The van der Waals surface area contributed by atoms with Crippen molar-refractivity contribution in [3.63, 3.8) is 0 Å². The third kappa shape index (κ3) is 5.19. The van der Waals surface area contributed by atoms with Crippen molar-refractivity contribution in [2.24, 2.45) is 5.92 Å². The lowest BCUT2D eigenvalue weighted by Crippen LogP contribution is -2.32. The molecule has 0 bridgehead atoms. The van der Waals surface area contributed by atoms with Crippen LogP contribution >= 0.6 is 0 Å². The zero-order chi connectivity index (χ0) is 22.6. The molecular weight excluding hydrogens is 426 g/mol. The number of amides is 2. The predicted molar refractivity (Wildman–Crippen MR) is 124 cm³/mol. The molecule has 4 rings (SSSR count).